The van der Waals surface area contributed by atoms with E-state index in [2.05, 4.69) is 38.1 Å². The van der Waals surface area contributed by atoms with Crippen molar-refractivity contribution in [2.75, 3.05) is 6.61 Å². The molecule has 0 amide bonds. The molecule has 1 saturated carbocycles. The predicted molar refractivity (Wildman–Crippen MR) is 113 cm³/mol. The molecule has 0 aliphatic heterocycles. The molecule has 3 rings (SSSR count). The van der Waals surface area contributed by atoms with E-state index >= 15 is 0 Å². The lowest BCUT2D eigenvalue weighted by Gasteiger charge is -2.39. The van der Waals surface area contributed by atoms with Gasteiger partial charge in [0.2, 0.25) is 0 Å². The Balaban J connectivity index is 1.90. The van der Waals surface area contributed by atoms with Crippen LogP contribution in [0.5, 0.6) is 0 Å². The Morgan fingerprint density at radius 1 is 1.21 bits per heavy atom. The highest BCUT2D eigenvalue weighted by atomic mass is 16.5. The van der Waals surface area contributed by atoms with E-state index in [1.54, 1.807) is 0 Å². The molecule has 1 aromatic heterocycles. The standard InChI is InChI=1S/C24H31NO3/c1-5-28-22(26)24(14-12-23(4,27)13-15-24)11-10-18-6-7-19-8-9-20(17(2)3)25-21(19)16-18/h6-11,16-17,27H,5,12-15H2,1-4H3/b11-10+. The normalized spacial score (nSPS) is 25.5. The minimum atomic E-state index is -0.704. The summed E-state index contributed by atoms with van der Waals surface area (Å²) >= 11 is 0. The molecule has 0 unspecified atom stereocenters. The van der Waals surface area contributed by atoms with Crippen LogP contribution in [0.15, 0.2) is 36.4 Å². The third kappa shape index (κ3) is 4.44. The van der Waals surface area contributed by atoms with E-state index in [1.165, 1.54) is 0 Å². The number of hydrogen-bond donors (Lipinski definition) is 1. The average Bonchev–Trinajstić information content (AvgIpc) is 2.67. The topological polar surface area (TPSA) is 59.4 Å². The molecule has 0 atom stereocenters. The molecule has 0 spiro atoms. The van der Waals surface area contributed by atoms with E-state index in [-0.39, 0.29) is 5.97 Å². The number of fused-ring (bicyclic) bond motifs is 1. The van der Waals surface area contributed by atoms with Crippen LogP contribution in [0.3, 0.4) is 0 Å². The summed E-state index contributed by atoms with van der Waals surface area (Å²) in [7, 11) is 0. The summed E-state index contributed by atoms with van der Waals surface area (Å²) in [5.41, 5.74) is 1.68. The van der Waals surface area contributed by atoms with Crippen LogP contribution >= 0.6 is 0 Å². The van der Waals surface area contributed by atoms with Crippen LogP contribution in [0.4, 0.5) is 0 Å². The van der Waals surface area contributed by atoms with Crippen molar-refractivity contribution in [3.63, 3.8) is 0 Å². The molecule has 0 saturated heterocycles. The van der Waals surface area contributed by atoms with Crippen LogP contribution in [0.25, 0.3) is 17.0 Å². The number of rotatable bonds is 5. The van der Waals surface area contributed by atoms with E-state index < -0.39 is 11.0 Å². The molecule has 1 aromatic carbocycles. The molecule has 150 valence electrons. The molecule has 1 heterocycles. The zero-order valence-corrected chi connectivity index (χ0v) is 17.4. The fourth-order valence-electron chi connectivity index (χ4n) is 3.78. The van der Waals surface area contributed by atoms with Gasteiger partial charge in [-0.15, -0.1) is 0 Å². The summed E-state index contributed by atoms with van der Waals surface area (Å²) in [6.45, 7) is 8.31. The van der Waals surface area contributed by atoms with Crippen molar-refractivity contribution in [1.29, 1.82) is 0 Å². The number of esters is 1. The zero-order valence-electron chi connectivity index (χ0n) is 17.4. The largest absolute Gasteiger partial charge is 0.465 e. The van der Waals surface area contributed by atoms with Gasteiger partial charge in [-0.3, -0.25) is 9.78 Å². The highest BCUT2D eigenvalue weighted by Crippen LogP contribution is 2.43. The summed E-state index contributed by atoms with van der Waals surface area (Å²) in [6.07, 6.45) is 6.35. The highest BCUT2D eigenvalue weighted by Gasteiger charge is 2.44. The Kier molecular flexibility index (Phi) is 5.90. The number of nitrogens with zero attached hydrogens (tertiary/aromatic N) is 1. The predicted octanol–water partition coefficient (Wildman–Crippen LogP) is 5.25. The van der Waals surface area contributed by atoms with Gasteiger partial charge in [0, 0.05) is 11.1 Å². The van der Waals surface area contributed by atoms with E-state index in [0.29, 0.717) is 38.2 Å². The number of hydrogen-bond acceptors (Lipinski definition) is 4. The second-order valence-corrected chi connectivity index (χ2v) is 8.55. The Hall–Kier alpha value is -2.20. The average molecular weight is 382 g/mol. The van der Waals surface area contributed by atoms with Crippen molar-refractivity contribution in [2.24, 2.45) is 5.41 Å². The number of pyridine rings is 1. The van der Waals surface area contributed by atoms with Gasteiger partial charge in [-0.05, 0) is 63.1 Å². The molecule has 0 bridgehead atoms. The molecule has 1 aliphatic rings. The summed E-state index contributed by atoms with van der Waals surface area (Å²) < 4.78 is 5.37. The summed E-state index contributed by atoms with van der Waals surface area (Å²) in [5.74, 6) is 0.188. The van der Waals surface area contributed by atoms with Gasteiger partial charge in [0.15, 0.2) is 0 Å². The maximum atomic E-state index is 12.7. The Labute approximate surface area is 167 Å². The molecule has 2 aromatic rings. The molecule has 4 heteroatoms. The van der Waals surface area contributed by atoms with Gasteiger partial charge in [-0.1, -0.05) is 44.2 Å². The first-order chi connectivity index (χ1) is 13.2. The van der Waals surface area contributed by atoms with Crippen molar-refractivity contribution in [3.8, 4) is 0 Å². The van der Waals surface area contributed by atoms with Crippen LogP contribution in [-0.2, 0) is 9.53 Å². The van der Waals surface area contributed by atoms with E-state index in [0.717, 1.165) is 22.2 Å². The third-order valence-electron chi connectivity index (χ3n) is 5.83. The fraction of sp³-hybridized carbons (Fsp3) is 0.500. The second-order valence-electron chi connectivity index (χ2n) is 8.55. The van der Waals surface area contributed by atoms with Crippen LogP contribution in [0.2, 0.25) is 0 Å². The summed E-state index contributed by atoms with van der Waals surface area (Å²) in [5, 5.41) is 11.4. The van der Waals surface area contributed by atoms with Gasteiger partial charge < -0.3 is 9.84 Å². The van der Waals surface area contributed by atoms with Gasteiger partial charge in [-0.2, -0.15) is 0 Å². The highest BCUT2D eigenvalue weighted by molar-refractivity contribution is 5.83. The first-order valence-corrected chi connectivity index (χ1v) is 10.2. The third-order valence-corrected chi connectivity index (χ3v) is 5.83. The van der Waals surface area contributed by atoms with Crippen molar-refractivity contribution in [2.45, 2.75) is 64.9 Å². The van der Waals surface area contributed by atoms with Crippen LogP contribution in [0.1, 0.15) is 70.6 Å². The Bertz CT molecular complexity index is 873. The first-order valence-electron chi connectivity index (χ1n) is 10.2. The summed E-state index contributed by atoms with van der Waals surface area (Å²) in [6, 6.07) is 10.4. The van der Waals surface area contributed by atoms with E-state index in [1.807, 2.05) is 32.1 Å². The van der Waals surface area contributed by atoms with Gasteiger partial charge in [0.25, 0.3) is 0 Å². The lowest BCUT2D eigenvalue weighted by molar-refractivity contribution is -0.156. The summed E-state index contributed by atoms with van der Waals surface area (Å²) in [4.78, 5) is 17.5. The molecule has 1 fully saturated rings. The van der Waals surface area contributed by atoms with Gasteiger partial charge >= 0.3 is 5.97 Å². The van der Waals surface area contributed by atoms with Crippen LogP contribution < -0.4 is 0 Å². The molecule has 28 heavy (non-hydrogen) atoms. The number of ether oxygens (including phenoxy) is 1. The lowest BCUT2D eigenvalue weighted by Crippen LogP contribution is -2.41. The molecule has 4 nitrogen and oxygen atoms in total. The van der Waals surface area contributed by atoms with Gasteiger partial charge in [0.05, 0.1) is 23.1 Å². The SMILES string of the molecule is CCOC(=O)C1(/C=C/c2ccc3ccc(C(C)C)nc3c2)CCC(C)(O)CC1. The van der Waals surface area contributed by atoms with Crippen LogP contribution in [0, 0.1) is 5.41 Å². The number of aromatic nitrogens is 1. The minimum Gasteiger partial charge on any atom is -0.465 e. The smallest absolute Gasteiger partial charge is 0.315 e. The number of carbonyl (C=O) groups excluding carboxylic acids is 1. The van der Waals surface area contributed by atoms with Crippen molar-refractivity contribution in [1.82, 2.24) is 4.98 Å². The maximum absolute atomic E-state index is 12.7. The van der Waals surface area contributed by atoms with Crippen molar-refractivity contribution >= 4 is 22.9 Å². The zero-order chi connectivity index (χ0) is 20.4. The number of carbonyl (C=O) groups is 1. The van der Waals surface area contributed by atoms with E-state index in [4.69, 9.17) is 9.72 Å². The lowest BCUT2D eigenvalue weighted by atomic mass is 9.69. The quantitative estimate of drug-likeness (QED) is 0.719. The first kappa shape index (κ1) is 20.5. The van der Waals surface area contributed by atoms with Crippen molar-refractivity contribution < 1.29 is 14.6 Å². The number of benzene rings is 1. The molecule has 1 aliphatic carbocycles. The van der Waals surface area contributed by atoms with Gasteiger partial charge in [0.1, 0.15) is 0 Å². The Morgan fingerprint density at radius 2 is 1.89 bits per heavy atom. The molecular formula is C24H31NO3. The van der Waals surface area contributed by atoms with E-state index in [9.17, 15) is 9.90 Å². The monoisotopic (exact) mass is 381 g/mol. The maximum Gasteiger partial charge on any atom is 0.315 e. The molecule has 0 radical (unpaired) electrons. The molecular weight excluding hydrogens is 350 g/mol. The van der Waals surface area contributed by atoms with Crippen molar-refractivity contribution in [3.05, 3.63) is 47.7 Å². The van der Waals surface area contributed by atoms with Crippen LogP contribution in [-0.4, -0.2) is 28.3 Å². The minimum absolute atomic E-state index is 0.192. The van der Waals surface area contributed by atoms with Gasteiger partial charge in [-0.25, -0.2) is 0 Å². The molecule has 1 N–H and O–H groups in total. The number of aliphatic hydroxyl groups is 1. The second kappa shape index (κ2) is 8.04. The fourth-order valence-corrected chi connectivity index (χ4v) is 3.78. The Morgan fingerprint density at radius 3 is 2.54 bits per heavy atom.